The first-order valence-electron chi connectivity index (χ1n) is 19.9. The molecule has 336 valence electrons. The predicted octanol–water partition coefficient (Wildman–Crippen LogP) is 16.4. The SMILES string of the molecule is C=C.Cc1cc(-c2cc(F)cc(F)c2)c(F)cc1I.Cc1cc(-c2cc(F)cc(F)c2)c(F)cc1N.Cc1cc(-c2cc(F)cc(F)c2)c(F)cc1N=C(c1ccccc1)c1ccccc1. The molecule has 0 radical (unpaired) electrons. The molecule has 0 aliphatic heterocycles. The van der Waals surface area contributed by atoms with Crippen molar-refractivity contribution in [1.82, 2.24) is 0 Å². The second-order valence-corrected chi connectivity index (χ2v) is 15.7. The number of rotatable bonds is 6. The molecule has 66 heavy (non-hydrogen) atoms. The quantitative estimate of drug-likeness (QED) is 0.0582. The lowest BCUT2D eigenvalue weighted by Gasteiger charge is -2.11. The molecule has 0 saturated carbocycles. The molecule has 0 amide bonds. The Hall–Kier alpha value is -6.93. The lowest BCUT2D eigenvalue weighted by atomic mass is 10.00. The first kappa shape index (κ1) is 50.1. The smallest absolute Gasteiger partial charge is 0.133 e. The first-order chi connectivity index (χ1) is 31.4. The van der Waals surface area contributed by atoms with Crippen LogP contribution in [0.5, 0.6) is 0 Å². The van der Waals surface area contributed by atoms with E-state index in [4.69, 9.17) is 10.7 Å². The van der Waals surface area contributed by atoms with Gasteiger partial charge in [0.1, 0.15) is 52.4 Å². The fourth-order valence-electron chi connectivity index (χ4n) is 6.55. The summed E-state index contributed by atoms with van der Waals surface area (Å²) in [5.41, 5.74) is 12.0. The monoisotopic (exact) mass is 1010 g/mol. The van der Waals surface area contributed by atoms with Gasteiger partial charge in [-0.05, 0) is 143 Å². The van der Waals surface area contributed by atoms with Crippen LogP contribution in [0.25, 0.3) is 33.4 Å². The van der Waals surface area contributed by atoms with Crippen LogP contribution in [0.4, 0.5) is 50.9 Å². The molecule has 0 aromatic heterocycles. The normalized spacial score (nSPS) is 10.4. The highest BCUT2D eigenvalue weighted by Gasteiger charge is 2.15. The predicted molar refractivity (Wildman–Crippen MR) is 256 cm³/mol. The molecule has 0 fully saturated rings. The van der Waals surface area contributed by atoms with E-state index in [1.165, 1.54) is 18.2 Å². The highest BCUT2D eigenvalue weighted by Crippen LogP contribution is 2.33. The van der Waals surface area contributed by atoms with E-state index in [0.29, 0.717) is 28.2 Å². The number of aliphatic imine (C=N–C) groups is 1. The maximum Gasteiger partial charge on any atom is 0.133 e. The third-order valence-electron chi connectivity index (χ3n) is 9.74. The standard InChI is InChI=1S/C26H18F3N.C13H8F3I.C13H10F3N.C2H4/c1-17-12-23(20-13-21(27)15-22(28)14-20)24(29)16-25(17)30-26(18-8-4-2-5-9-18)19-10-6-3-7-11-19;2*1-7-2-11(12(16)6-13(7)17)8-3-9(14)5-10(15)4-8;1-2/h2-16H,1H3;2-6H,1H3;2-6H,17H2,1H3;1-2H2. The van der Waals surface area contributed by atoms with Gasteiger partial charge in [0.2, 0.25) is 0 Å². The largest absolute Gasteiger partial charge is 0.398 e. The second kappa shape index (κ2) is 22.8. The average molecular weight is 1010 g/mol. The van der Waals surface area contributed by atoms with Crippen molar-refractivity contribution in [3.8, 4) is 33.4 Å². The van der Waals surface area contributed by atoms with Crippen LogP contribution >= 0.6 is 22.6 Å². The highest BCUT2D eigenvalue weighted by molar-refractivity contribution is 14.1. The number of aryl methyl sites for hydroxylation is 3. The van der Waals surface area contributed by atoms with E-state index in [9.17, 15) is 39.5 Å². The van der Waals surface area contributed by atoms with Crippen LogP contribution < -0.4 is 5.73 Å². The van der Waals surface area contributed by atoms with E-state index in [0.717, 1.165) is 80.9 Å². The van der Waals surface area contributed by atoms with Gasteiger partial charge >= 0.3 is 0 Å². The number of hydrogen-bond donors (Lipinski definition) is 1. The molecule has 0 atom stereocenters. The van der Waals surface area contributed by atoms with E-state index < -0.39 is 52.4 Å². The van der Waals surface area contributed by atoms with Gasteiger partial charge < -0.3 is 5.73 Å². The van der Waals surface area contributed by atoms with Gasteiger partial charge in [-0.2, -0.15) is 0 Å². The van der Waals surface area contributed by atoms with Crippen LogP contribution in [0.3, 0.4) is 0 Å². The summed E-state index contributed by atoms with van der Waals surface area (Å²) in [5, 5.41) is 0. The van der Waals surface area contributed by atoms with Crippen LogP contribution in [0, 0.1) is 76.7 Å². The lowest BCUT2D eigenvalue weighted by Crippen LogP contribution is -2.03. The molecule has 0 aliphatic carbocycles. The summed E-state index contributed by atoms with van der Waals surface area (Å²) in [7, 11) is 0. The summed E-state index contributed by atoms with van der Waals surface area (Å²) >= 11 is 2.01. The highest BCUT2D eigenvalue weighted by atomic mass is 127. The molecule has 0 spiro atoms. The molecule has 2 N–H and O–H groups in total. The van der Waals surface area contributed by atoms with Gasteiger partial charge in [-0.1, -0.05) is 60.7 Å². The van der Waals surface area contributed by atoms with Crippen molar-refractivity contribution in [1.29, 1.82) is 0 Å². The van der Waals surface area contributed by atoms with Crippen molar-refractivity contribution >= 4 is 39.7 Å². The fourth-order valence-corrected chi connectivity index (χ4v) is 6.97. The van der Waals surface area contributed by atoms with E-state index >= 15 is 0 Å². The van der Waals surface area contributed by atoms with Gasteiger partial charge in [0, 0.05) is 61.3 Å². The third kappa shape index (κ3) is 13.1. The number of benzene rings is 8. The minimum atomic E-state index is -0.750. The second-order valence-electron chi connectivity index (χ2n) is 14.6. The molecule has 0 bridgehead atoms. The number of halogens is 10. The summed E-state index contributed by atoms with van der Waals surface area (Å²) in [4.78, 5) is 4.76. The molecule has 8 rings (SSSR count). The summed E-state index contributed by atoms with van der Waals surface area (Å²) in [5.74, 6) is -6.08. The molecule has 0 heterocycles. The maximum atomic E-state index is 14.9. The van der Waals surface area contributed by atoms with E-state index in [1.807, 2.05) is 90.2 Å². The number of nitrogen functional groups attached to an aromatic ring is 1. The summed E-state index contributed by atoms with van der Waals surface area (Å²) in [6.07, 6.45) is 0. The Morgan fingerprint density at radius 3 is 1.15 bits per heavy atom. The fraction of sp³-hybridized carbons (Fsp3) is 0.0556. The zero-order valence-corrected chi connectivity index (χ0v) is 37.8. The van der Waals surface area contributed by atoms with Crippen molar-refractivity contribution in [2.75, 3.05) is 5.73 Å². The van der Waals surface area contributed by atoms with Crippen molar-refractivity contribution in [3.05, 3.63) is 249 Å². The van der Waals surface area contributed by atoms with Gasteiger partial charge in [-0.15, -0.1) is 13.2 Å². The molecule has 2 nitrogen and oxygen atoms in total. The summed E-state index contributed by atoms with van der Waals surface area (Å²) in [6.45, 7) is 11.3. The Labute approximate surface area is 390 Å². The Morgan fingerprint density at radius 1 is 0.424 bits per heavy atom. The molecule has 8 aromatic rings. The number of nitrogens with zero attached hydrogens (tertiary/aromatic N) is 1. The molecular weight excluding hydrogens is 974 g/mol. The Bertz CT molecular complexity index is 2800. The lowest BCUT2D eigenvalue weighted by molar-refractivity contribution is 0.582. The van der Waals surface area contributed by atoms with Crippen molar-refractivity contribution in [3.63, 3.8) is 0 Å². The molecule has 0 aliphatic rings. The molecule has 0 saturated heterocycles. The minimum absolute atomic E-state index is 0.130. The van der Waals surface area contributed by atoms with Crippen molar-refractivity contribution in [2.45, 2.75) is 20.8 Å². The van der Waals surface area contributed by atoms with Gasteiger partial charge in [0.15, 0.2) is 0 Å². The van der Waals surface area contributed by atoms with Gasteiger partial charge in [0.25, 0.3) is 0 Å². The van der Waals surface area contributed by atoms with Crippen LogP contribution in [-0.2, 0) is 0 Å². The average Bonchev–Trinajstić information content (AvgIpc) is 3.27. The maximum absolute atomic E-state index is 14.9. The number of nitrogens with two attached hydrogens (primary N) is 1. The van der Waals surface area contributed by atoms with Crippen molar-refractivity contribution < 1.29 is 39.5 Å². The van der Waals surface area contributed by atoms with Gasteiger partial charge in [-0.3, -0.25) is 0 Å². The third-order valence-corrected chi connectivity index (χ3v) is 10.9. The van der Waals surface area contributed by atoms with E-state index in [-0.39, 0.29) is 33.4 Å². The summed E-state index contributed by atoms with van der Waals surface area (Å²) in [6, 6.07) is 36.6. The Kier molecular flexibility index (Phi) is 17.3. The zero-order valence-electron chi connectivity index (χ0n) is 35.7. The van der Waals surface area contributed by atoms with Gasteiger partial charge in [0.05, 0.1) is 11.4 Å². The van der Waals surface area contributed by atoms with Crippen LogP contribution in [0.15, 0.2) is 170 Å². The molecule has 12 heteroatoms. The van der Waals surface area contributed by atoms with E-state index in [1.54, 1.807) is 26.0 Å². The number of anilines is 1. The Morgan fingerprint density at radius 2 is 0.758 bits per heavy atom. The van der Waals surface area contributed by atoms with Crippen LogP contribution in [0.1, 0.15) is 27.8 Å². The summed E-state index contributed by atoms with van der Waals surface area (Å²) < 4.78 is 122. The van der Waals surface area contributed by atoms with Crippen LogP contribution in [-0.4, -0.2) is 5.71 Å². The molecule has 8 aromatic carbocycles. The van der Waals surface area contributed by atoms with Crippen LogP contribution in [0.2, 0.25) is 0 Å². The topological polar surface area (TPSA) is 38.4 Å². The molecular formula is C54H40F9IN2. The minimum Gasteiger partial charge on any atom is -0.398 e. The Balaban J connectivity index is 0.000000194. The molecule has 0 unspecified atom stereocenters. The van der Waals surface area contributed by atoms with Crippen molar-refractivity contribution in [2.24, 2.45) is 4.99 Å². The first-order valence-corrected chi connectivity index (χ1v) is 20.9. The van der Waals surface area contributed by atoms with E-state index in [2.05, 4.69) is 13.2 Å². The van der Waals surface area contributed by atoms with Gasteiger partial charge in [-0.25, -0.2) is 44.5 Å². The zero-order chi connectivity index (χ0) is 48.2. The number of hydrogen-bond acceptors (Lipinski definition) is 2.